The highest BCUT2D eigenvalue weighted by Crippen LogP contribution is 2.33. The van der Waals surface area contributed by atoms with Crippen LogP contribution in [-0.4, -0.2) is 62.3 Å². The number of nitrogens with one attached hydrogen (secondary N) is 2. The molecular weight excluding hydrogens is 555 g/mol. The zero-order valence-corrected chi connectivity index (χ0v) is 25.8. The van der Waals surface area contributed by atoms with E-state index in [2.05, 4.69) is 48.4 Å². The van der Waals surface area contributed by atoms with Gasteiger partial charge in [-0.05, 0) is 70.5 Å². The van der Waals surface area contributed by atoms with Gasteiger partial charge in [0.05, 0.1) is 27.8 Å². The van der Waals surface area contributed by atoms with E-state index < -0.39 is 16.8 Å². The van der Waals surface area contributed by atoms with Crippen LogP contribution in [0.4, 0.5) is 10.1 Å². The molecule has 0 spiro atoms. The molecule has 2 aromatic heterocycles. The van der Waals surface area contributed by atoms with E-state index in [0.717, 1.165) is 12.2 Å². The number of rotatable bonds is 7. The van der Waals surface area contributed by atoms with E-state index in [-0.39, 0.29) is 18.0 Å². The van der Waals surface area contributed by atoms with E-state index in [1.54, 1.807) is 31.3 Å². The third-order valence-corrected chi connectivity index (χ3v) is 8.40. The highest BCUT2D eigenvalue weighted by atomic mass is 32.2. The normalized spacial score (nSPS) is 16.4. The van der Waals surface area contributed by atoms with Gasteiger partial charge in [-0.15, -0.1) is 0 Å². The van der Waals surface area contributed by atoms with Crippen molar-refractivity contribution in [1.82, 2.24) is 24.4 Å². The molecule has 0 saturated carbocycles. The number of carbonyl (C=O) groups is 1. The van der Waals surface area contributed by atoms with Gasteiger partial charge in [0.1, 0.15) is 34.6 Å². The van der Waals surface area contributed by atoms with Crippen LogP contribution in [0.15, 0.2) is 59.9 Å². The average Bonchev–Trinajstić information content (AvgIpc) is 3.47. The van der Waals surface area contributed by atoms with Crippen LogP contribution in [-0.2, 0) is 27.7 Å². The number of fused-ring (bicyclic) bond motifs is 1. The van der Waals surface area contributed by atoms with Crippen molar-refractivity contribution in [3.05, 3.63) is 71.9 Å². The number of nitrogens with zero attached hydrogens (tertiary/aromatic N) is 4. The van der Waals surface area contributed by atoms with Gasteiger partial charge >= 0.3 is 0 Å². The SMILES string of the molecule is CNc1cnn(C(C)(C)C)c1.Cc1c(Oc2ccnc3ccc(S(=O)N4CCN[C@@H](C)C4)cc23)ccc(CC=O)c1F. The lowest BCUT2D eigenvalue weighted by molar-refractivity contribution is -0.107. The summed E-state index contributed by atoms with van der Waals surface area (Å²) in [6.07, 6.45) is 6.14. The van der Waals surface area contributed by atoms with Crippen molar-refractivity contribution < 1.29 is 18.1 Å². The Labute approximate surface area is 249 Å². The smallest absolute Gasteiger partial charge is 0.138 e. The first-order valence-electron chi connectivity index (χ1n) is 13.9. The predicted octanol–water partition coefficient (Wildman–Crippen LogP) is 5.21. The van der Waals surface area contributed by atoms with Gasteiger partial charge in [0, 0.05) is 62.5 Å². The summed E-state index contributed by atoms with van der Waals surface area (Å²) in [5.41, 5.74) is 2.50. The van der Waals surface area contributed by atoms with E-state index in [1.807, 2.05) is 46.6 Å². The molecule has 1 aliphatic rings. The maximum atomic E-state index is 14.6. The summed E-state index contributed by atoms with van der Waals surface area (Å²) < 4.78 is 37.6. The van der Waals surface area contributed by atoms with Crippen LogP contribution in [0.2, 0.25) is 0 Å². The molecule has 0 bridgehead atoms. The molecule has 224 valence electrons. The molecule has 4 aromatic rings. The second-order valence-electron chi connectivity index (χ2n) is 11.2. The number of halogens is 1. The minimum Gasteiger partial charge on any atom is -0.456 e. The van der Waals surface area contributed by atoms with E-state index in [1.165, 1.54) is 0 Å². The van der Waals surface area contributed by atoms with Crippen molar-refractivity contribution in [3.8, 4) is 11.5 Å². The van der Waals surface area contributed by atoms with Gasteiger partial charge in [0.25, 0.3) is 0 Å². The van der Waals surface area contributed by atoms with Gasteiger partial charge in [-0.25, -0.2) is 12.9 Å². The van der Waals surface area contributed by atoms with Crippen molar-refractivity contribution in [2.24, 2.45) is 0 Å². The first-order valence-corrected chi connectivity index (χ1v) is 15.0. The van der Waals surface area contributed by atoms with Crippen LogP contribution in [0.3, 0.4) is 0 Å². The molecule has 1 saturated heterocycles. The lowest BCUT2D eigenvalue weighted by Gasteiger charge is -2.30. The summed E-state index contributed by atoms with van der Waals surface area (Å²) >= 11 is 0. The monoisotopic (exact) mass is 594 g/mol. The number of piperazine rings is 1. The molecule has 0 aliphatic carbocycles. The van der Waals surface area contributed by atoms with E-state index in [0.29, 0.717) is 57.8 Å². The van der Waals surface area contributed by atoms with E-state index in [4.69, 9.17) is 4.74 Å². The van der Waals surface area contributed by atoms with Crippen molar-refractivity contribution in [2.45, 2.75) is 57.5 Å². The van der Waals surface area contributed by atoms with Gasteiger partial charge in [-0.3, -0.25) is 9.67 Å². The largest absolute Gasteiger partial charge is 0.456 e. The van der Waals surface area contributed by atoms with Crippen LogP contribution >= 0.6 is 0 Å². The maximum absolute atomic E-state index is 14.6. The molecule has 2 atom stereocenters. The fourth-order valence-electron chi connectivity index (χ4n) is 4.51. The van der Waals surface area contributed by atoms with Crippen LogP contribution < -0.4 is 15.4 Å². The summed E-state index contributed by atoms with van der Waals surface area (Å²) in [5, 5.41) is 11.3. The molecule has 2 N–H and O–H groups in total. The van der Waals surface area contributed by atoms with Gasteiger partial charge in [-0.2, -0.15) is 5.10 Å². The summed E-state index contributed by atoms with van der Waals surface area (Å²) in [5.74, 6) is 0.419. The summed E-state index contributed by atoms with van der Waals surface area (Å²) in [7, 11) is 0.595. The number of aldehydes is 1. The van der Waals surface area contributed by atoms with Crippen LogP contribution in [0.25, 0.3) is 10.9 Å². The van der Waals surface area contributed by atoms with Crippen LogP contribution in [0, 0.1) is 12.7 Å². The first kappa shape index (κ1) is 31.3. The topological polar surface area (TPSA) is 101 Å². The van der Waals surface area contributed by atoms with Gasteiger partial charge in [0.15, 0.2) is 0 Å². The summed E-state index contributed by atoms with van der Waals surface area (Å²) in [4.78, 5) is 15.8. The Balaban J connectivity index is 0.000000310. The first-order chi connectivity index (χ1) is 20.0. The number of benzene rings is 2. The molecule has 5 rings (SSSR count). The Morgan fingerprint density at radius 2 is 2.00 bits per heavy atom. The zero-order valence-electron chi connectivity index (χ0n) is 25.0. The fraction of sp³-hybridized carbons (Fsp3) is 0.387. The average molecular weight is 595 g/mol. The highest BCUT2D eigenvalue weighted by Gasteiger charge is 2.22. The van der Waals surface area contributed by atoms with E-state index >= 15 is 0 Å². The summed E-state index contributed by atoms with van der Waals surface area (Å²) in [6, 6.07) is 10.7. The predicted molar refractivity (Wildman–Crippen MR) is 165 cm³/mol. The summed E-state index contributed by atoms with van der Waals surface area (Å²) in [6.45, 7) is 12.3. The molecule has 1 fully saturated rings. The van der Waals surface area contributed by atoms with Crippen LogP contribution in [0.1, 0.15) is 38.8 Å². The number of hydrogen-bond donors (Lipinski definition) is 2. The van der Waals surface area contributed by atoms with Crippen molar-refractivity contribution in [1.29, 1.82) is 0 Å². The van der Waals surface area contributed by atoms with Crippen LogP contribution in [0.5, 0.6) is 11.5 Å². The lowest BCUT2D eigenvalue weighted by Crippen LogP contribution is -2.49. The third kappa shape index (κ3) is 7.39. The zero-order chi connectivity index (χ0) is 30.4. The Morgan fingerprint density at radius 3 is 2.64 bits per heavy atom. The highest BCUT2D eigenvalue weighted by molar-refractivity contribution is 7.82. The van der Waals surface area contributed by atoms with Gasteiger partial charge in [-0.1, -0.05) is 6.07 Å². The lowest BCUT2D eigenvalue weighted by atomic mass is 10.1. The Bertz CT molecular complexity index is 1570. The maximum Gasteiger partial charge on any atom is 0.138 e. The molecule has 3 heterocycles. The van der Waals surface area contributed by atoms with Gasteiger partial charge < -0.3 is 20.2 Å². The van der Waals surface area contributed by atoms with Crippen molar-refractivity contribution in [2.75, 3.05) is 32.0 Å². The molecule has 9 nitrogen and oxygen atoms in total. The molecule has 1 unspecified atom stereocenters. The number of ether oxygens (including phenoxy) is 1. The quantitative estimate of drug-likeness (QED) is 0.283. The van der Waals surface area contributed by atoms with Gasteiger partial charge in [0.2, 0.25) is 0 Å². The fourth-order valence-corrected chi connectivity index (χ4v) is 5.83. The second-order valence-corrected chi connectivity index (χ2v) is 12.7. The minimum absolute atomic E-state index is 0.0188. The molecule has 1 aliphatic heterocycles. The number of anilines is 1. The number of hydrogen-bond acceptors (Lipinski definition) is 7. The standard InChI is InChI=1S/C23H24FN3O3S.C8H15N3/c1-15-14-27(11-10-25-15)31(29)18-4-5-20-19(13-18)22(7-9-26-20)30-21-6-3-17(8-12-28)23(24)16(21)2;1-8(2,3)11-6-7(9-4)5-10-11/h3-7,9,12-13,15,25H,8,10-11,14H2,1-2H3;5-6,9H,1-4H3/t15-,31?;/m0./s1. The third-order valence-electron chi connectivity index (χ3n) is 6.94. The molecule has 0 amide bonds. The number of aromatic nitrogens is 3. The Kier molecular flexibility index (Phi) is 10.1. The van der Waals surface area contributed by atoms with Crippen molar-refractivity contribution >= 4 is 33.9 Å². The molecule has 2 aromatic carbocycles. The molecular formula is C31H39FN6O3S. The Hall–Kier alpha value is -3.67. The minimum atomic E-state index is -1.30. The van der Waals surface area contributed by atoms with E-state index in [9.17, 15) is 13.4 Å². The second kappa shape index (κ2) is 13.5. The number of carbonyl (C=O) groups excluding carboxylic acids is 1. The molecule has 11 heteroatoms. The van der Waals surface area contributed by atoms with Crippen molar-refractivity contribution in [3.63, 3.8) is 0 Å². The molecule has 0 radical (unpaired) electrons. The number of pyridine rings is 1. The Morgan fingerprint density at radius 1 is 1.21 bits per heavy atom. The molecule has 42 heavy (non-hydrogen) atoms.